The molecule has 130 valence electrons. The Hall–Kier alpha value is -2.54. The number of aliphatic hydroxyl groups is 1. The van der Waals surface area contributed by atoms with E-state index in [0.717, 1.165) is 6.42 Å². The fraction of sp³-hybridized carbons (Fsp3) is 0.444. The van der Waals surface area contributed by atoms with Crippen molar-refractivity contribution in [2.24, 2.45) is 5.41 Å². The lowest BCUT2D eigenvalue weighted by molar-refractivity contribution is -0.147. The highest BCUT2D eigenvalue weighted by Crippen LogP contribution is 2.37. The number of rotatable bonds is 1. The minimum atomic E-state index is -0.900. The fourth-order valence-corrected chi connectivity index (χ4v) is 3.95. The number of benzene rings is 1. The molecule has 0 bridgehead atoms. The summed E-state index contributed by atoms with van der Waals surface area (Å²) in [6.45, 7) is 1.28. The number of carbonyl (C=O) groups is 2. The molecule has 1 spiro atoms. The molecule has 3 heterocycles. The van der Waals surface area contributed by atoms with Crippen molar-refractivity contribution in [3.8, 4) is 0 Å². The Morgan fingerprint density at radius 1 is 1.32 bits per heavy atom. The third-order valence-electron chi connectivity index (χ3n) is 5.34. The summed E-state index contributed by atoms with van der Waals surface area (Å²) in [4.78, 5) is 35.8. The molecule has 4 rings (SSSR count). The van der Waals surface area contributed by atoms with Gasteiger partial charge in [-0.25, -0.2) is 0 Å². The molecule has 2 aromatic rings. The lowest BCUT2D eigenvalue weighted by atomic mass is 9.71. The van der Waals surface area contributed by atoms with E-state index in [1.807, 2.05) is 6.07 Å². The van der Waals surface area contributed by atoms with Gasteiger partial charge in [-0.3, -0.25) is 19.6 Å². The third-order valence-corrected chi connectivity index (χ3v) is 5.34. The number of likely N-dealkylation sites (tertiary alicyclic amines) is 1. The van der Waals surface area contributed by atoms with E-state index in [0.29, 0.717) is 42.5 Å². The lowest BCUT2D eigenvalue weighted by Crippen LogP contribution is -2.62. The van der Waals surface area contributed by atoms with Crippen LogP contribution in [0.5, 0.6) is 0 Å². The van der Waals surface area contributed by atoms with Crippen molar-refractivity contribution in [3.05, 3.63) is 36.2 Å². The molecule has 7 heteroatoms. The number of amides is 2. The normalized spacial score (nSPS) is 26.7. The van der Waals surface area contributed by atoms with Crippen molar-refractivity contribution in [2.75, 3.05) is 19.6 Å². The Kier molecular flexibility index (Phi) is 3.88. The van der Waals surface area contributed by atoms with Crippen LogP contribution in [0.3, 0.4) is 0 Å². The third kappa shape index (κ3) is 2.55. The predicted octanol–water partition coefficient (Wildman–Crippen LogP) is 0.733. The van der Waals surface area contributed by atoms with Gasteiger partial charge >= 0.3 is 0 Å². The van der Waals surface area contributed by atoms with Crippen molar-refractivity contribution in [2.45, 2.75) is 25.4 Å². The second kappa shape index (κ2) is 6.07. The van der Waals surface area contributed by atoms with Crippen LogP contribution in [0.4, 0.5) is 0 Å². The van der Waals surface area contributed by atoms with Gasteiger partial charge in [-0.2, -0.15) is 0 Å². The van der Waals surface area contributed by atoms with E-state index in [9.17, 15) is 14.7 Å². The monoisotopic (exact) mass is 340 g/mol. The van der Waals surface area contributed by atoms with Gasteiger partial charge in [0.15, 0.2) is 0 Å². The summed E-state index contributed by atoms with van der Waals surface area (Å²) >= 11 is 0. The Balaban J connectivity index is 1.67. The minimum Gasteiger partial charge on any atom is -0.392 e. The molecule has 0 saturated carbocycles. The highest BCUT2D eigenvalue weighted by Gasteiger charge is 2.50. The molecule has 7 nitrogen and oxygen atoms in total. The van der Waals surface area contributed by atoms with Crippen LogP contribution in [0, 0.1) is 5.41 Å². The maximum Gasteiger partial charge on any atom is 0.256 e. The van der Waals surface area contributed by atoms with Crippen molar-refractivity contribution in [1.29, 1.82) is 0 Å². The van der Waals surface area contributed by atoms with Gasteiger partial charge in [-0.1, -0.05) is 6.07 Å². The SMILES string of the molecule is O=C(c1cccc2nccnc12)N1CC[C@@H](O)[C@@]2(CCCNC2=O)C1. The van der Waals surface area contributed by atoms with Gasteiger partial charge < -0.3 is 15.3 Å². The molecule has 0 radical (unpaired) electrons. The smallest absolute Gasteiger partial charge is 0.256 e. The number of carbonyl (C=O) groups excluding carboxylic acids is 2. The van der Waals surface area contributed by atoms with Crippen molar-refractivity contribution >= 4 is 22.8 Å². The Bertz CT molecular complexity index is 835. The van der Waals surface area contributed by atoms with Crippen molar-refractivity contribution in [3.63, 3.8) is 0 Å². The second-order valence-corrected chi connectivity index (χ2v) is 6.78. The molecular formula is C18H20N4O3. The van der Waals surface area contributed by atoms with E-state index in [2.05, 4.69) is 15.3 Å². The van der Waals surface area contributed by atoms with E-state index in [1.165, 1.54) is 0 Å². The van der Waals surface area contributed by atoms with E-state index in [4.69, 9.17) is 0 Å². The van der Waals surface area contributed by atoms with Gasteiger partial charge in [0.25, 0.3) is 5.91 Å². The first-order chi connectivity index (χ1) is 12.1. The molecule has 0 aliphatic carbocycles. The molecule has 2 fully saturated rings. The summed E-state index contributed by atoms with van der Waals surface area (Å²) in [5.74, 6) is -0.322. The van der Waals surface area contributed by atoms with Gasteiger partial charge in [0.2, 0.25) is 5.91 Å². The van der Waals surface area contributed by atoms with Gasteiger partial charge in [-0.05, 0) is 31.4 Å². The van der Waals surface area contributed by atoms with Gasteiger partial charge in [0.05, 0.1) is 22.6 Å². The van der Waals surface area contributed by atoms with Crippen LogP contribution in [-0.2, 0) is 4.79 Å². The molecular weight excluding hydrogens is 320 g/mol. The van der Waals surface area contributed by atoms with Crippen LogP contribution in [0.1, 0.15) is 29.6 Å². The molecule has 2 aliphatic rings. The van der Waals surface area contributed by atoms with Gasteiger partial charge in [0, 0.05) is 32.0 Å². The summed E-state index contributed by atoms with van der Waals surface area (Å²) in [6, 6.07) is 5.33. The van der Waals surface area contributed by atoms with E-state index >= 15 is 0 Å². The maximum atomic E-state index is 13.1. The summed E-state index contributed by atoms with van der Waals surface area (Å²) in [5.41, 5.74) is 0.801. The molecule has 2 saturated heterocycles. The van der Waals surface area contributed by atoms with E-state index < -0.39 is 11.5 Å². The molecule has 2 atom stereocenters. The van der Waals surface area contributed by atoms with Crippen LogP contribution < -0.4 is 5.32 Å². The summed E-state index contributed by atoms with van der Waals surface area (Å²) < 4.78 is 0. The average molecular weight is 340 g/mol. The first-order valence-electron chi connectivity index (χ1n) is 8.57. The average Bonchev–Trinajstić information content (AvgIpc) is 2.65. The Morgan fingerprint density at radius 2 is 2.16 bits per heavy atom. The van der Waals surface area contributed by atoms with Crippen LogP contribution in [-0.4, -0.2) is 57.5 Å². The number of fused-ring (bicyclic) bond motifs is 1. The maximum absolute atomic E-state index is 13.1. The van der Waals surface area contributed by atoms with E-state index in [-0.39, 0.29) is 18.4 Å². The van der Waals surface area contributed by atoms with Crippen molar-refractivity contribution in [1.82, 2.24) is 20.2 Å². The van der Waals surface area contributed by atoms with Crippen LogP contribution in [0.15, 0.2) is 30.6 Å². The Morgan fingerprint density at radius 3 is 3.00 bits per heavy atom. The number of hydrogen-bond donors (Lipinski definition) is 2. The van der Waals surface area contributed by atoms with Crippen LogP contribution in [0.25, 0.3) is 11.0 Å². The molecule has 2 N–H and O–H groups in total. The molecule has 25 heavy (non-hydrogen) atoms. The number of para-hydroxylation sites is 1. The number of hydrogen-bond acceptors (Lipinski definition) is 5. The Labute approximate surface area is 145 Å². The first-order valence-corrected chi connectivity index (χ1v) is 8.57. The second-order valence-electron chi connectivity index (χ2n) is 6.78. The standard InChI is InChI=1S/C18H20N4O3/c23-14-5-10-22(11-18(14)6-2-7-21-17(18)25)16(24)12-3-1-4-13-15(12)20-9-8-19-13/h1,3-4,8-9,14,23H,2,5-7,10-11H2,(H,21,25)/t14-,18-/m1/s1. The highest BCUT2D eigenvalue weighted by atomic mass is 16.3. The molecule has 0 unspecified atom stereocenters. The lowest BCUT2D eigenvalue weighted by Gasteiger charge is -2.46. The largest absolute Gasteiger partial charge is 0.392 e. The quantitative estimate of drug-likeness (QED) is 0.798. The zero-order chi connectivity index (χ0) is 17.4. The van der Waals surface area contributed by atoms with Gasteiger partial charge in [0.1, 0.15) is 5.52 Å². The summed E-state index contributed by atoms with van der Waals surface area (Å²) in [7, 11) is 0. The highest BCUT2D eigenvalue weighted by molar-refractivity contribution is 6.05. The predicted molar refractivity (Wildman–Crippen MR) is 90.7 cm³/mol. The summed E-state index contributed by atoms with van der Waals surface area (Å²) in [6.07, 6.45) is 4.24. The fourth-order valence-electron chi connectivity index (χ4n) is 3.95. The van der Waals surface area contributed by atoms with E-state index in [1.54, 1.807) is 29.4 Å². The summed E-state index contributed by atoms with van der Waals surface area (Å²) in [5, 5.41) is 13.3. The zero-order valence-electron chi connectivity index (χ0n) is 13.8. The molecule has 2 amide bonds. The number of nitrogens with zero attached hydrogens (tertiary/aromatic N) is 3. The molecule has 2 aliphatic heterocycles. The van der Waals surface area contributed by atoms with Gasteiger partial charge in [-0.15, -0.1) is 0 Å². The minimum absolute atomic E-state index is 0.151. The van der Waals surface area contributed by atoms with Crippen LogP contribution >= 0.6 is 0 Å². The number of aromatic nitrogens is 2. The first kappa shape index (κ1) is 16.0. The zero-order valence-corrected chi connectivity index (χ0v) is 13.8. The van der Waals surface area contributed by atoms with Crippen LogP contribution in [0.2, 0.25) is 0 Å². The number of piperidine rings is 2. The van der Waals surface area contributed by atoms with Crippen molar-refractivity contribution < 1.29 is 14.7 Å². The molecule has 1 aromatic carbocycles. The molecule has 1 aromatic heterocycles. The number of nitrogens with one attached hydrogen (secondary N) is 1. The number of aliphatic hydroxyl groups excluding tert-OH is 1. The topological polar surface area (TPSA) is 95.4 Å².